The highest BCUT2D eigenvalue weighted by atomic mass is 32.2. The SMILES string of the molecule is CNC1CCC(S(=O)c2ccccc2)C1C. The molecule has 0 aromatic heterocycles. The predicted octanol–water partition coefficient (Wildman–Crippen LogP) is 2.18. The topological polar surface area (TPSA) is 29.1 Å². The van der Waals surface area contributed by atoms with E-state index in [4.69, 9.17) is 0 Å². The summed E-state index contributed by atoms with van der Waals surface area (Å²) in [5.74, 6) is 0.492. The van der Waals surface area contributed by atoms with Gasteiger partial charge in [0.1, 0.15) is 0 Å². The molecule has 0 radical (unpaired) electrons. The molecule has 0 spiro atoms. The third-order valence-electron chi connectivity index (χ3n) is 3.60. The van der Waals surface area contributed by atoms with Gasteiger partial charge in [-0.25, -0.2) is 0 Å². The molecule has 1 aliphatic carbocycles. The number of nitrogens with one attached hydrogen (secondary N) is 1. The lowest BCUT2D eigenvalue weighted by Gasteiger charge is -2.19. The van der Waals surface area contributed by atoms with Crippen LogP contribution in [0.3, 0.4) is 0 Å². The van der Waals surface area contributed by atoms with Crippen LogP contribution in [0.4, 0.5) is 0 Å². The van der Waals surface area contributed by atoms with Crippen LogP contribution in [0.2, 0.25) is 0 Å². The summed E-state index contributed by atoms with van der Waals surface area (Å²) in [5, 5.41) is 3.62. The van der Waals surface area contributed by atoms with Crippen LogP contribution in [-0.2, 0) is 10.8 Å². The van der Waals surface area contributed by atoms with Gasteiger partial charge < -0.3 is 5.32 Å². The molecule has 1 aliphatic rings. The van der Waals surface area contributed by atoms with Crippen molar-refractivity contribution in [2.75, 3.05) is 7.05 Å². The van der Waals surface area contributed by atoms with Crippen molar-refractivity contribution in [1.82, 2.24) is 5.32 Å². The van der Waals surface area contributed by atoms with Crippen LogP contribution in [0.15, 0.2) is 35.2 Å². The lowest BCUT2D eigenvalue weighted by molar-refractivity contribution is 0.460. The maximum absolute atomic E-state index is 12.4. The third kappa shape index (κ3) is 2.20. The fraction of sp³-hybridized carbons (Fsp3) is 0.538. The van der Waals surface area contributed by atoms with Crippen LogP contribution >= 0.6 is 0 Å². The molecule has 0 bridgehead atoms. The van der Waals surface area contributed by atoms with E-state index in [2.05, 4.69) is 12.2 Å². The highest BCUT2D eigenvalue weighted by Gasteiger charge is 2.35. The highest BCUT2D eigenvalue weighted by Crippen LogP contribution is 2.32. The zero-order valence-electron chi connectivity index (χ0n) is 9.85. The van der Waals surface area contributed by atoms with Crippen LogP contribution in [0.25, 0.3) is 0 Å². The average molecular weight is 237 g/mol. The Labute approximate surface area is 99.9 Å². The summed E-state index contributed by atoms with van der Waals surface area (Å²) >= 11 is 0. The standard InChI is InChI=1S/C13H19NOS/c1-10-12(14-2)8-9-13(10)16(15)11-6-4-3-5-7-11/h3-7,10,12-14H,8-9H2,1-2H3. The van der Waals surface area contributed by atoms with E-state index in [9.17, 15) is 4.21 Å². The Bertz CT molecular complexity index is 365. The van der Waals surface area contributed by atoms with Crippen molar-refractivity contribution in [3.63, 3.8) is 0 Å². The molecular weight excluding hydrogens is 218 g/mol. The average Bonchev–Trinajstić information content (AvgIpc) is 2.70. The van der Waals surface area contributed by atoms with Gasteiger partial charge in [0.15, 0.2) is 0 Å². The summed E-state index contributed by atoms with van der Waals surface area (Å²) in [6.45, 7) is 2.21. The third-order valence-corrected chi connectivity index (χ3v) is 5.56. The van der Waals surface area contributed by atoms with Crippen LogP contribution in [0.1, 0.15) is 19.8 Å². The molecule has 2 nitrogen and oxygen atoms in total. The first-order chi connectivity index (χ1) is 7.74. The molecule has 0 amide bonds. The molecule has 0 aliphatic heterocycles. The van der Waals surface area contributed by atoms with Crippen molar-refractivity contribution < 1.29 is 4.21 Å². The smallest absolute Gasteiger partial charge is 0.0564 e. The second-order valence-corrected chi connectivity index (χ2v) is 6.15. The number of hydrogen-bond acceptors (Lipinski definition) is 2. The minimum absolute atomic E-state index is 0.305. The van der Waals surface area contributed by atoms with Gasteiger partial charge in [0, 0.05) is 16.2 Å². The van der Waals surface area contributed by atoms with Crippen molar-refractivity contribution in [3.05, 3.63) is 30.3 Å². The quantitative estimate of drug-likeness (QED) is 0.873. The Morgan fingerprint density at radius 2 is 1.94 bits per heavy atom. The van der Waals surface area contributed by atoms with E-state index in [-0.39, 0.29) is 0 Å². The van der Waals surface area contributed by atoms with Crippen molar-refractivity contribution in [3.8, 4) is 0 Å². The molecule has 16 heavy (non-hydrogen) atoms. The van der Waals surface area contributed by atoms with Gasteiger partial charge >= 0.3 is 0 Å². The number of hydrogen-bond donors (Lipinski definition) is 1. The Morgan fingerprint density at radius 3 is 2.50 bits per heavy atom. The highest BCUT2D eigenvalue weighted by molar-refractivity contribution is 7.85. The van der Waals surface area contributed by atoms with Crippen molar-refractivity contribution in [2.45, 2.75) is 36.0 Å². The number of benzene rings is 1. The Hall–Kier alpha value is -0.670. The molecule has 1 aromatic carbocycles. The van der Waals surface area contributed by atoms with Crippen molar-refractivity contribution in [2.24, 2.45) is 5.92 Å². The van der Waals surface area contributed by atoms with E-state index in [1.54, 1.807) is 0 Å². The zero-order chi connectivity index (χ0) is 11.5. The molecule has 1 saturated carbocycles. The number of rotatable bonds is 3. The van der Waals surface area contributed by atoms with E-state index in [0.29, 0.717) is 17.2 Å². The summed E-state index contributed by atoms with van der Waals surface area (Å²) < 4.78 is 12.4. The van der Waals surface area contributed by atoms with Crippen LogP contribution in [0, 0.1) is 5.92 Å². The fourth-order valence-electron chi connectivity index (χ4n) is 2.57. The molecule has 2 rings (SSSR count). The van der Waals surface area contributed by atoms with Gasteiger partial charge in [0.05, 0.1) is 10.8 Å². The normalized spacial score (nSPS) is 31.5. The molecule has 0 heterocycles. The van der Waals surface area contributed by atoms with Gasteiger partial charge in [-0.2, -0.15) is 0 Å². The summed E-state index contributed by atoms with van der Waals surface area (Å²) in [4.78, 5) is 0.969. The molecule has 0 saturated heterocycles. The Balaban J connectivity index is 2.12. The molecule has 1 fully saturated rings. The van der Waals surface area contributed by atoms with Crippen molar-refractivity contribution >= 4 is 10.8 Å². The summed E-state index contributed by atoms with van der Waals surface area (Å²) in [6, 6.07) is 10.4. The molecular formula is C13H19NOS. The molecule has 88 valence electrons. The molecule has 4 atom stereocenters. The summed E-state index contributed by atoms with van der Waals surface area (Å²) in [5.41, 5.74) is 0. The van der Waals surface area contributed by atoms with E-state index in [0.717, 1.165) is 17.7 Å². The first kappa shape index (κ1) is 11.8. The van der Waals surface area contributed by atoms with Gasteiger partial charge in [0.2, 0.25) is 0 Å². The van der Waals surface area contributed by atoms with E-state index in [1.807, 2.05) is 37.4 Å². The van der Waals surface area contributed by atoms with Crippen LogP contribution < -0.4 is 5.32 Å². The van der Waals surface area contributed by atoms with Crippen molar-refractivity contribution in [1.29, 1.82) is 0 Å². The molecule has 1 aromatic rings. The molecule has 1 N–H and O–H groups in total. The van der Waals surface area contributed by atoms with Crippen LogP contribution in [-0.4, -0.2) is 22.5 Å². The Morgan fingerprint density at radius 1 is 1.25 bits per heavy atom. The first-order valence-corrected chi connectivity index (χ1v) is 7.08. The second-order valence-electron chi connectivity index (χ2n) is 4.48. The minimum atomic E-state index is -0.851. The van der Waals surface area contributed by atoms with Crippen LogP contribution in [0.5, 0.6) is 0 Å². The largest absolute Gasteiger partial charge is 0.317 e. The van der Waals surface area contributed by atoms with E-state index < -0.39 is 10.8 Å². The van der Waals surface area contributed by atoms with Gasteiger partial charge in [-0.3, -0.25) is 4.21 Å². The zero-order valence-corrected chi connectivity index (χ0v) is 10.7. The van der Waals surface area contributed by atoms with Gasteiger partial charge in [-0.05, 0) is 37.9 Å². The van der Waals surface area contributed by atoms with Gasteiger partial charge in [-0.15, -0.1) is 0 Å². The predicted molar refractivity (Wildman–Crippen MR) is 67.9 cm³/mol. The lowest BCUT2D eigenvalue weighted by atomic mass is 10.1. The van der Waals surface area contributed by atoms with Gasteiger partial charge in [0.25, 0.3) is 0 Å². The lowest BCUT2D eigenvalue weighted by Crippen LogP contribution is -2.32. The maximum atomic E-state index is 12.4. The molecule has 3 heteroatoms. The fourth-order valence-corrected chi connectivity index (χ4v) is 4.27. The maximum Gasteiger partial charge on any atom is 0.0564 e. The Kier molecular flexibility index (Phi) is 3.77. The monoisotopic (exact) mass is 237 g/mol. The summed E-state index contributed by atoms with van der Waals surface area (Å²) in [6.07, 6.45) is 2.20. The minimum Gasteiger partial charge on any atom is -0.317 e. The first-order valence-electron chi connectivity index (χ1n) is 5.87. The van der Waals surface area contributed by atoms with Gasteiger partial charge in [-0.1, -0.05) is 25.1 Å². The second kappa shape index (κ2) is 5.11. The summed E-state index contributed by atoms with van der Waals surface area (Å²) in [7, 11) is 1.14. The molecule has 4 unspecified atom stereocenters. The van der Waals surface area contributed by atoms with E-state index >= 15 is 0 Å². The van der Waals surface area contributed by atoms with E-state index in [1.165, 1.54) is 0 Å².